The van der Waals surface area contributed by atoms with Crippen LogP contribution in [0.4, 0.5) is 0 Å². The topological polar surface area (TPSA) is 166 Å². The third-order valence-electron chi connectivity index (χ3n) is 9.30. The van der Waals surface area contributed by atoms with Crippen LogP contribution in [-0.4, -0.2) is 99.3 Å². The Balaban J connectivity index is 1.54. The van der Waals surface area contributed by atoms with Gasteiger partial charge in [-0.3, -0.25) is 0 Å². The molecular formula is C26H40O10. The minimum absolute atomic E-state index is 0.00740. The lowest BCUT2D eigenvalue weighted by Crippen LogP contribution is -2.61. The first-order valence-electron chi connectivity index (χ1n) is 12.8. The molecule has 2 aliphatic heterocycles. The van der Waals surface area contributed by atoms with Crippen LogP contribution in [0.15, 0.2) is 23.8 Å². The van der Waals surface area contributed by atoms with Crippen LogP contribution in [0, 0.1) is 22.7 Å². The second-order valence-corrected chi connectivity index (χ2v) is 11.4. The predicted octanol–water partition coefficient (Wildman–Crippen LogP) is -0.213. The van der Waals surface area contributed by atoms with Crippen molar-refractivity contribution in [2.45, 2.75) is 88.9 Å². The highest BCUT2D eigenvalue weighted by Gasteiger charge is 2.58. The lowest BCUT2D eigenvalue weighted by atomic mass is 9.46. The summed E-state index contributed by atoms with van der Waals surface area (Å²) in [5.41, 5.74) is 0.356. The maximum atomic E-state index is 12.0. The van der Waals surface area contributed by atoms with Gasteiger partial charge in [0.05, 0.1) is 24.9 Å². The molecule has 4 aliphatic rings. The summed E-state index contributed by atoms with van der Waals surface area (Å²) in [6, 6.07) is 0. The molecule has 0 radical (unpaired) electrons. The predicted molar refractivity (Wildman–Crippen MR) is 126 cm³/mol. The SMILES string of the molecule is C=C1CC[C@@H]2[C@](C)(CC[C@H](O)[C@]2(C)CO[C@H]2O[C@@H](CO)[C@H](O)[C@@H](O)[C@@H]2O)[C@H]1C/C=C1/C(=O)OC[C@@H]1O. The molecule has 0 aromatic carbocycles. The number of aliphatic hydroxyl groups excluding tert-OH is 6. The van der Waals surface area contributed by atoms with Gasteiger partial charge in [0.1, 0.15) is 37.1 Å². The molecule has 2 aliphatic carbocycles. The molecule has 6 N–H and O–H groups in total. The average molecular weight is 513 g/mol. The highest BCUT2D eigenvalue weighted by atomic mass is 16.7. The van der Waals surface area contributed by atoms with E-state index in [0.717, 1.165) is 24.8 Å². The Kier molecular flexibility index (Phi) is 8.00. The van der Waals surface area contributed by atoms with Gasteiger partial charge in [-0.15, -0.1) is 0 Å². The van der Waals surface area contributed by atoms with Crippen LogP contribution in [0.2, 0.25) is 0 Å². The van der Waals surface area contributed by atoms with Crippen molar-refractivity contribution in [2.75, 3.05) is 19.8 Å². The van der Waals surface area contributed by atoms with Crippen LogP contribution >= 0.6 is 0 Å². The number of ether oxygens (including phenoxy) is 3. The van der Waals surface area contributed by atoms with Crippen molar-refractivity contribution < 1.29 is 49.6 Å². The van der Waals surface area contributed by atoms with Gasteiger partial charge in [0.15, 0.2) is 6.29 Å². The standard InChI is InChI=1S/C26H40O10/c1-13-4-7-18-25(2,15(13)6-5-14-16(28)11-34-23(14)33)9-8-19(29)26(18,3)12-35-24-22(32)21(31)20(30)17(10-27)36-24/h5,15-22,24,27-32H,1,4,6-12H2,2-3H3/b14-5+/t15-,16-,17-,18+,19-,20-,21+,22-,24-,25+,26+/m0/s1. The Labute approximate surface area is 211 Å². The summed E-state index contributed by atoms with van der Waals surface area (Å²) < 4.78 is 16.4. The van der Waals surface area contributed by atoms with E-state index in [1.165, 1.54) is 0 Å². The highest BCUT2D eigenvalue weighted by Crippen LogP contribution is 2.62. The zero-order chi connectivity index (χ0) is 26.4. The van der Waals surface area contributed by atoms with Crippen molar-refractivity contribution in [3.63, 3.8) is 0 Å². The molecule has 2 saturated heterocycles. The minimum atomic E-state index is -1.54. The van der Waals surface area contributed by atoms with E-state index in [4.69, 9.17) is 14.2 Å². The van der Waals surface area contributed by atoms with Crippen LogP contribution in [0.25, 0.3) is 0 Å². The third-order valence-corrected chi connectivity index (χ3v) is 9.30. The third kappa shape index (κ3) is 4.67. The molecule has 204 valence electrons. The van der Waals surface area contributed by atoms with Gasteiger partial charge < -0.3 is 44.8 Å². The molecule has 2 saturated carbocycles. The summed E-state index contributed by atoms with van der Waals surface area (Å²) in [4.78, 5) is 12.0. The molecule has 11 atom stereocenters. The first kappa shape index (κ1) is 27.7. The molecule has 0 amide bonds. The normalized spacial score (nSPS) is 48.7. The molecule has 0 unspecified atom stereocenters. The van der Waals surface area contributed by atoms with Crippen LogP contribution < -0.4 is 0 Å². The monoisotopic (exact) mass is 512 g/mol. The summed E-state index contributed by atoms with van der Waals surface area (Å²) in [7, 11) is 0. The van der Waals surface area contributed by atoms with E-state index in [1.54, 1.807) is 6.08 Å². The van der Waals surface area contributed by atoms with Gasteiger partial charge in [0.2, 0.25) is 0 Å². The van der Waals surface area contributed by atoms with Crippen molar-refractivity contribution >= 4 is 5.97 Å². The number of rotatable bonds is 6. The van der Waals surface area contributed by atoms with E-state index in [1.807, 2.05) is 6.92 Å². The van der Waals surface area contributed by atoms with Gasteiger partial charge in [0.25, 0.3) is 0 Å². The maximum Gasteiger partial charge on any atom is 0.336 e. The highest BCUT2D eigenvalue weighted by molar-refractivity contribution is 5.91. The molecule has 0 spiro atoms. The second kappa shape index (κ2) is 10.4. The van der Waals surface area contributed by atoms with Crippen molar-refractivity contribution in [1.29, 1.82) is 0 Å². The Bertz CT molecular complexity index is 873. The lowest BCUT2D eigenvalue weighted by Gasteiger charge is -2.60. The van der Waals surface area contributed by atoms with E-state index >= 15 is 0 Å². The zero-order valence-corrected chi connectivity index (χ0v) is 21.0. The van der Waals surface area contributed by atoms with E-state index in [9.17, 15) is 35.4 Å². The number of carbonyl (C=O) groups is 1. The molecule has 0 bridgehead atoms. The fourth-order valence-corrected chi connectivity index (χ4v) is 7.01. The van der Waals surface area contributed by atoms with Crippen LogP contribution in [-0.2, 0) is 19.0 Å². The smallest absolute Gasteiger partial charge is 0.336 e. The summed E-state index contributed by atoms with van der Waals surface area (Å²) in [6.07, 6.45) is -3.42. The number of hydrogen-bond acceptors (Lipinski definition) is 10. The molecule has 36 heavy (non-hydrogen) atoms. The molecule has 2 heterocycles. The average Bonchev–Trinajstić information content (AvgIpc) is 3.16. The number of allylic oxidation sites excluding steroid dienone is 2. The Hall–Kier alpha value is -1.37. The number of carbonyl (C=O) groups excluding carboxylic acids is 1. The molecule has 10 nitrogen and oxygen atoms in total. The maximum absolute atomic E-state index is 12.0. The molecule has 0 aromatic rings. The molecule has 10 heteroatoms. The fraction of sp³-hybridized carbons (Fsp3) is 0.808. The largest absolute Gasteiger partial charge is 0.459 e. The first-order chi connectivity index (χ1) is 16.9. The Morgan fingerprint density at radius 2 is 1.83 bits per heavy atom. The Morgan fingerprint density at radius 1 is 1.11 bits per heavy atom. The van der Waals surface area contributed by atoms with Crippen LogP contribution in [0.1, 0.15) is 46.0 Å². The quantitative estimate of drug-likeness (QED) is 0.159. The number of aliphatic hydroxyl groups is 6. The zero-order valence-electron chi connectivity index (χ0n) is 21.0. The molecular weight excluding hydrogens is 472 g/mol. The van der Waals surface area contributed by atoms with E-state index < -0.39 is 60.9 Å². The summed E-state index contributed by atoms with van der Waals surface area (Å²) >= 11 is 0. The van der Waals surface area contributed by atoms with Crippen LogP contribution in [0.3, 0.4) is 0 Å². The van der Waals surface area contributed by atoms with Gasteiger partial charge in [-0.2, -0.15) is 0 Å². The molecule has 0 aromatic heterocycles. The Morgan fingerprint density at radius 3 is 2.47 bits per heavy atom. The number of esters is 1. The van der Waals surface area contributed by atoms with Crippen molar-refractivity contribution in [3.05, 3.63) is 23.8 Å². The van der Waals surface area contributed by atoms with Gasteiger partial charge >= 0.3 is 5.97 Å². The number of hydrogen-bond donors (Lipinski definition) is 6. The van der Waals surface area contributed by atoms with Gasteiger partial charge in [-0.1, -0.05) is 32.1 Å². The lowest BCUT2D eigenvalue weighted by molar-refractivity contribution is -0.313. The van der Waals surface area contributed by atoms with E-state index in [0.29, 0.717) is 12.8 Å². The van der Waals surface area contributed by atoms with E-state index in [-0.39, 0.29) is 36.0 Å². The van der Waals surface area contributed by atoms with E-state index in [2.05, 4.69) is 13.5 Å². The van der Waals surface area contributed by atoms with Gasteiger partial charge in [-0.25, -0.2) is 4.79 Å². The summed E-state index contributed by atoms with van der Waals surface area (Å²) in [5, 5.41) is 61.3. The van der Waals surface area contributed by atoms with Crippen molar-refractivity contribution in [3.8, 4) is 0 Å². The van der Waals surface area contributed by atoms with Gasteiger partial charge in [-0.05, 0) is 49.4 Å². The van der Waals surface area contributed by atoms with Crippen molar-refractivity contribution in [1.82, 2.24) is 0 Å². The molecule has 4 fully saturated rings. The second-order valence-electron chi connectivity index (χ2n) is 11.4. The summed E-state index contributed by atoms with van der Waals surface area (Å²) in [6.45, 7) is 7.89. The van der Waals surface area contributed by atoms with Crippen molar-refractivity contribution in [2.24, 2.45) is 22.7 Å². The van der Waals surface area contributed by atoms with Crippen LogP contribution in [0.5, 0.6) is 0 Å². The molecule has 4 rings (SSSR count). The number of cyclic esters (lactones) is 1. The fourth-order valence-electron chi connectivity index (χ4n) is 7.01. The summed E-state index contributed by atoms with van der Waals surface area (Å²) in [5.74, 6) is -0.473. The number of fused-ring (bicyclic) bond motifs is 1. The first-order valence-corrected chi connectivity index (χ1v) is 12.8. The minimum Gasteiger partial charge on any atom is -0.459 e. The van der Waals surface area contributed by atoms with Gasteiger partial charge in [0, 0.05) is 5.41 Å².